The van der Waals surface area contributed by atoms with Gasteiger partial charge in [0.05, 0.1) is 23.5 Å². The SMILES string of the molecule is COc1ccc2sc(-c3cn[nH]c3)nc2c1. The Hall–Kier alpha value is -1.88. The molecule has 3 rings (SSSR count). The molecule has 0 saturated heterocycles. The Bertz CT molecular complexity index is 615. The number of ether oxygens (including phenoxy) is 1. The molecule has 0 aliphatic heterocycles. The number of hydrogen-bond acceptors (Lipinski definition) is 4. The van der Waals surface area contributed by atoms with Gasteiger partial charge < -0.3 is 4.74 Å². The first-order valence-electron chi connectivity index (χ1n) is 4.80. The summed E-state index contributed by atoms with van der Waals surface area (Å²) in [5, 5.41) is 7.68. The van der Waals surface area contributed by atoms with Crippen molar-refractivity contribution in [2.24, 2.45) is 0 Å². The molecule has 2 heterocycles. The average Bonchev–Trinajstić information content (AvgIpc) is 2.96. The van der Waals surface area contributed by atoms with Crippen LogP contribution in [0.25, 0.3) is 20.8 Å². The second kappa shape index (κ2) is 3.61. The van der Waals surface area contributed by atoms with E-state index in [9.17, 15) is 0 Å². The number of nitrogens with zero attached hydrogens (tertiary/aromatic N) is 2. The van der Waals surface area contributed by atoms with Gasteiger partial charge >= 0.3 is 0 Å². The lowest BCUT2D eigenvalue weighted by Crippen LogP contribution is -1.80. The van der Waals surface area contributed by atoms with Gasteiger partial charge in [-0.3, -0.25) is 5.10 Å². The van der Waals surface area contributed by atoms with E-state index < -0.39 is 0 Å². The molecule has 0 fully saturated rings. The number of rotatable bonds is 2. The fraction of sp³-hybridized carbons (Fsp3) is 0.0909. The van der Waals surface area contributed by atoms with Gasteiger partial charge in [-0.05, 0) is 12.1 Å². The van der Waals surface area contributed by atoms with Crippen LogP contribution in [0.3, 0.4) is 0 Å². The van der Waals surface area contributed by atoms with Gasteiger partial charge in [0.2, 0.25) is 0 Å². The molecular formula is C11H9N3OS. The molecule has 0 unspecified atom stereocenters. The highest BCUT2D eigenvalue weighted by Gasteiger charge is 2.07. The standard InChI is InChI=1S/C11H9N3OS/c1-15-8-2-3-10-9(4-8)14-11(16-10)7-5-12-13-6-7/h2-6H,1H3,(H,12,13). The Morgan fingerprint density at radius 3 is 3.06 bits per heavy atom. The summed E-state index contributed by atoms with van der Waals surface area (Å²) in [5.41, 5.74) is 1.97. The van der Waals surface area contributed by atoms with E-state index in [0.717, 1.165) is 26.5 Å². The first-order valence-corrected chi connectivity index (χ1v) is 5.62. The minimum atomic E-state index is 0.830. The Kier molecular flexibility index (Phi) is 2.11. The van der Waals surface area contributed by atoms with Crippen molar-refractivity contribution in [2.45, 2.75) is 0 Å². The summed E-state index contributed by atoms with van der Waals surface area (Å²) < 4.78 is 6.32. The van der Waals surface area contributed by atoms with E-state index in [1.165, 1.54) is 0 Å². The van der Waals surface area contributed by atoms with Gasteiger partial charge in [0, 0.05) is 17.8 Å². The third-order valence-corrected chi connectivity index (χ3v) is 3.43. The number of nitrogens with one attached hydrogen (secondary N) is 1. The summed E-state index contributed by atoms with van der Waals surface area (Å²) in [7, 11) is 1.66. The highest BCUT2D eigenvalue weighted by atomic mass is 32.1. The van der Waals surface area contributed by atoms with Crippen LogP contribution in [0, 0.1) is 0 Å². The molecule has 3 aromatic rings. The van der Waals surface area contributed by atoms with Gasteiger partial charge in [-0.25, -0.2) is 4.98 Å². The first kappa shape index (κ1) is 9.35. The lowest BCUT2D eigenvalue weighted by molar-refractivity contribution is 0.415. The molecule has 0 saturated carbocycles. The predicted octanol–water partition coefficient (Wildman–Crippen LogP) is 2.70. The van der Waals surface area contributed by atoms with Crippen molar-refractivity contribution in [3.05, 3.63) is 30.6 Å². The molecule has 0 radical (unpaired) electrons. The number of aromatic amines is 1. The van der Waals surface area contributed by atoms with E-state index in [0.29, 0.717) is 0 Å². The molecule has 0 bridgehead atoms. The number of fused-ring (bicyclic) bond motifs is 1. The molecule has 16 heavy (non-hydrogen) atoms. The molecule has 0 atom stereocenters. The van der Waals surface area contributed by atoms with E-state index in [1.54, 1.807) is 24.6 Å². The summed E-state index contributed by atoms with van der Waals surface area (Å²) in [5.74, 6) is 0.830. The predicted molar refractivity (Wildman–Crippen MR) is 63.8 cm³/mol. The van der Waals surface area contributed by atoms with Crippen molar-refractivity contribution >= 4 is 21.6 Å². The van der Waals surface area contributed by atoms with Crippen LogP contribution in [-0.4, -0.2) is 22.3 Å². The maximum atomic E-state index is 5.17. The largest absolute Gasteiger partial charge is 0.497 e. The zero-order valence-corrected chi connectivity index (χ0v) is 9.41. The number of H-pyrrole nitrogens is 1. The van der Waals surface area contributed by atoms with Gasteiger partial charge in [0.1, 0.15) is 10.8 Å². The summed E-state index contributed by atoms with van der Waals surface area (Å²) in [6, 6.07) is 5.91. The highest BCUT2D eigenvalue weighted by Crippen LogP contribution is 2.31. The number of thiazole rings is 1. The zero-order valence-electron chi connectivity index (χ0n) is 8.60. The fourth-order valence-electron chi connectivity index (χ4n) is 1.53. The van der Waals surface area contributed by atoms with E-state index in [-0.39, 0.29) is 0 Å². The summed E-state index contributed by atoms with van der Waals surface area (Å²) in [6.45, 7) is 0. The minimum Gasteiger partial charge on any atom is -0.497 e. The van der Waals surface area contributed by atoms with Crippen molar-refractivity contribution in [2.75, 3.05) is 7.11 Å². The monoisotopic (exact) mass is 231 g/mol. The lowest BCUT2D eigenvalue weighted by atomic mass is 10.3. The number of benzene rings is 1. The van der Waals surface area contributed by atoms with Gasteiger partial charge in [0.15, 0.2) is 0 Å². The highest BCUT2D eigenvalue weighted by molar-refractivity contribution is 7.21. The van der Waals surface area contributed by atoms with Crippen LogP contribution in [0.1, 0.15) is 0 Å². The minimum absolute atomic E-state index is 0.830. The molecule has 0 aliphatic rings. The third kappa shape index (κ3) is 1.45. The lowest BCUT2D eigenvalue weighted by Gasteiger charge is -1.96. The first-order chi connectivity index (χ1) is 7.86. The summed E-state index contributed by atoms with van der Waals surface area (Å²) in [4.78, 5) is 4.54. The maximum Gasteiger partial charge on any atom is 0.127 e. The molecule has 1 N–H and O–H groups in total. The fourth-order valence-corrected chi connectivity index (χ4v) is 2.45. The summed E-state index contributed by atoms with van der Waals surface area (Å²) in [6.07, 6.45) is 3.61. The van der Waals surface area contributed by atoms with E-state index >= 15 is 0 Å². The Balaban J connectivity index is 2.16. The van der Waals surface area contributed by atoms with Gasteiger partial charge in [0.25, 0.3) is 0 Å². The Morgan fingerprint density at radius 2 is 2.31 bits per heavy atom. The van der Waals surface area contributed by atoms with Crippen LogP contribution < -0.4 is 4.74 Å². The third-order valence-electron chi connectivity index (χ3n) is 2.34. The molecule has 0 amide bonds. The van der Waals surface area contributed by atoms with Crippen molar-refractivity contribution in [1.29, 1.82) is 0 Å². The molecule has 4 nitrogen and oxygen atoms in total. The van der Waals surface area contributed by atoms with Crippen LogP contribution in [0.4, 0.5) is 0 Å². The normalized spacial score (nSPS) is 10.8. The van der Waals surface area contributed by atoms with Crippen LogP contribution in [-0.2, 0) is 0 Å². The van der Waals surface area contributed by atoms with E-state index in [2.05, 4.69) is 15.2 Å². The molecule has 1 aromatic carbocycles. The van der Waals surface area contributed by atoms with Crippen LogP contribution in [0.15, 0.2) is 30.6 Å². The zero-order chi connectivity index (χ0) is 11.0. The molecule has 80 valence electrons. The number of hydrogen-bond donors (Lipinski definition) is 1. The second-order valence-corrected chi connectivity index (χ2v) is 4.37. The van der Waals surface area contributed by atoms with Gasteiger partial charge in [-0.2, -0.15) is 5.10 Å². The maximum absolute atomic E-state index is 5.17. The molecule has 0 aliphatic carbocycles. The van der Waals surface area contributed by atoms with E-state index in [1.807, 2.05) is 24.4 Å². The molecule has 2 aromatic heterocycles. The topological polar surface area (TPSA) is 50.8 Å². The van der Waals surface area contributed by atoms with E-state index in [4.69, 9.17) is 4.74 Å². The average molecular weight is 231 g/mol. The van der Waals surface area contributed by atoms with Gasteiger partial charge in [-0.1, -0.05) is 0 Å². The van der Waals surface area contributed by atoms with Crippen LogP contribution in [0.2, 0.25) is 0 Å². The van der Waals surface area contributed by atoms with Crippen LogP contribution >= 0.6 is 11.3 Å². The van der Waals surface area contributed by atoms with Crippen molar-refractivity contribution in [3.63, 3.8) is 0 Å². The number of methoxy groups -OCH3 is 1. The Labute approximate surface area is 95.9 Å². The molecule has 5 heteroatoms. The molecule has 0 spiro atoms. The Morgan fingerprint density at radius 1 is 1.38 bits per heavy atom. The quantitative estimate of drug-likeness (QED) is 0.737. The van der Waals surface area contributed by atoms with Crippen molar-refractivity contribution in [3.8, 4) is 16.3 Å². The summed E-state index contributed by atoms with van der Waals surface area (Å²) >= 11 is 1.65. The van der Waals surface area contributed by atoms with Crippen LogP contribution in [0.5, 0.6) is 5.75 Å². The number of aromatic nitrogens is 3. The van der Waals surface area contributed by atoms with Gasteiger partial charge in [-0.15, -0.1) is 11.3 Å². The molecular weight excluding hydrogens is 222 g/mol. The van der Waals surface area contributed by atoms with Crippen molar-refractivity contribution < 1.29 is 4.74 Å². The van der Waals surface area contributed by atoms with Crippen molar-refractivity contribution in [1.82, 2.24) is 15.2 Å². The second-order valence-electron chi connectivity index (χ2n) is 3.34. The smallest absolute Gasteiger partial charge is 0.127 e.